The summed E-state index contributed by atoms with van der Waals surface area (Å²) in [6.07, 6.45) is 1.47. The number of nitrogens with zero attached hydrogens (tertiary/aromatic N) is 5. The van der Waals surface area contributed by atoms with Crippen molar-refractivity contribution in [3.63, 3.8) is 0 Å². The molecule has 0 unspecified atom stereocenters. The van der Waals surface area contributed by atoms with E-state index in [9.17, 15) is 4.79 Å². The van der Waals surface area contributed by atoms with Gasteiger partial charge in [0.05, 0.1) is 25.5 Å². The fourth-order valence-electron chi connectivity index (χ4n) is 2.85. The van der Waals surface area contributed by atoms with E-state index in [1.54, 1.807) is 11.8 Å². The Morgan fingerprint density at radius 3 is 2.56 bits per heavy atom. The van der Waals surface area contributed by atoms with E-state index >= 15 is 0 Å². The smallest absolute Gasteiger partial charge is 0.358 e. The van der Waals surface area contributed by atoms with Gasteiger partial charge in [-0.2, -0.15) is 0 Å². The first kappa shape index (κ1) is 19.0. The first-order chi connectivity index (χ1) is 11.7. The van der Waals surface area contributed by atoms with Crippen LogP contribution in [0.3, 0.4) is 0 Å². The number of methoxy groups -OCH3 is 1. The van der Waals surface area contributed by atoms with Crippen molar-refractivity contribution < 1.29 is 14.6 Å². The second-order valence-corrected chi connectivity index (χ2v) is 5.67. The van der Waals surface area contributed by atoms with Gasteiger partial charge in [0.25, 0.3) is 0 Å². The van der Waals surface area contributed by atoms with Crippen molar-refractivity contribution >= 4 is 24.1 Å². The third-order valence-electron chi connectivity index (χ3n) is 4.20. The largest absolute Gasteiger partial charge is 0.495 e. The average molecular weight is 368 g/mol. The number of benzene rings is 1. The highest BCUT2D eigenvalue weighted by molar-refractivity contribution is 5.85. The van der Waals surface area contributed by atoms with Crippen LogP contribution in [0.4, 0.5) is 5.69 Å². The number of aromatic carboxylic acids is 1. The Hall–Kier alpha value is -2.32. The monoisotopic (exact) mass is 367 g/mol. The van der Waals surface area contributed by atoms with Gasteiger partial charge < -0.3 is 14.7 Å². The van der Waals surface area contributed by atoms with Crippen molar-refractivity contribution in [1.29, 1.82) is 0 Å². The van der Waals surface area contributed by atoms with Crippen LogP contribution in [0.25, 0.3) is 0 Å². The number of carboxylic acids is 1. The molecule has 3 rings (SSSR count). The molecule has 0 radical (unpaired) electrons. The molecule has 0 bridgehead atoms. The van der Waals surface area contributed by atoms with E-state index in [0.717, 1.165) is 44.2 Å². The summed E-state index contributed by atoms with van der Waals surface area (Å²) in [5.41, 5.74) is 1.11. The molecule has 1 aromatic heterocycles. The van der Waals surface area contributed by atoms with E-state index in [-0.39, 0.29) is 18.1 Å². The van der Waals surface area contributed by atoms with Gasteiger partial charge in [0, 0.05) is 32.7 Å². The maximum absolute atomic E-state index is 10.8. The van der Waals surface area contributed by atoms with Crippen LogP contribution in [0.15, 0.2) is 30.5 Å². The summed E-state index contributed by atoms with van der Waals surface area (Å²) >= 11 is 0. The van der Waals surface area contributed by atoms with E-state index in [0.29, 0.717) is 6.54 Å². The molecule has 0 atom stereocenters. The molecule has 1 saturated heterocycles. The van der Waals surface area contributed by atoms with Crippen molar-refractivity contribution in [3.8, 4) is 5.75 Å². The van der Waals surface area contributed by atoms with Crippen LogP contribution >= 0.6 is 12.4 Å². The number of halogens is 1. The molecule has 9 heteroatoms. The highest BCUT2D eigenvalue weighted by Gasteiger charge is 2.19. The molecule has 1 aromatic carbocycles. The van der Waals surface area contributed by atoms with E-state index < -0.39 is 5.97 Å². The van der Waals surface area contributed by atoms with Gasteiger partial charge >= 0.3 is 5.97 Å². The third kappa shape index (κ3) is 4.61. The summed E-state index contributed by atoms with van der Waals surface area (Å²) < 4.78 is 7.01. The number of para-hydroxylation sites is 2. The Balaban J connectivity index is 0.00000225. The van der Waals surface area contributed by atoms with E-state index in [4.69, 9.17) is 9.84 Å². The molecule has 0 saturated carbocycles. The van der Waals surface area contributed by atoms with Gasteiger partial charge in [0.15, 0.2) is 5.69 Å². The van der Waals surface area contributed by atoms with Gasteiger partial charge in [-0.05, 0) is 12.1 Å². The minimum Gasteiger partial charge on any atom is -0.495 e. The number of hydrogen-bond acceptors (Lipinski definition) is 6. The van der Waals surface area contributed by atoms with Crippen molar-refractivity contribution in [2.45, 2.75) is 6.54 Å². The highest BCUT2D eigenvalue weighted by Crippen LogP contribution is 2.28. The maximum Gasteiger partial charge on any atom is 0.358 e. The molecule has 0 aliphatic carbocycles. The molecule has 136 valence electrons. The van der Waals surface area contributed by atoms with Crippen molar-refractivity contribution in [1.82, 2.24) is 19.9 Å². The standard InChI is InChI=1S/C16H21N5O3.ClH/c1-24-15-5-3-2-4-14(15)20-9-6-19(7-10-20)8-11-21-12-13(16(22)23)17-18-21;/h2-5,12H,6-11H2,1H3,(H,22,23);1H. The Morgan fingerprint density at radius 1 is 1.20 bits per heavy atom. The zero-order chi connectivity index (χ0) is 16.9. The minimum absolute atomic E-state index is 0. The van der Waals surface area contributed by atoms with Gasteiger partial charge in [-0.25, -0.2) is 4.79 Å². The first-order valence-corrected chi connectivity index (χ1v) is 7.91. The molecule has 0 amide bonds. The summed E-state index contributed by atoms with van der Waals surface area (Å²) in [7, 11) is 1.69. The maximum atomic E-state index is 10.8. The molecule has 2 aromatic rings. The number of carboxylic acid groups (broad SMARTS) is 1. The summed E-state index contributed by atoms with van der Waals surface area (Å²) in [4.78, 5) is 15.5. The lowest BCUT2D eigenvalue weighted by molar-refractivity contribution is 0.0690. The van der Waals surface area contributed by atoms with Crippen molar-refractivity contribution in [2.24, 2.45) is 0 Å². The molecule has 1 N–H and O–H groups in total. The fourth-order valence-corrected chi connectivity index (χ4v) is 2.85. The van der Waals surface area contributed by atoms with Gasteiger partial charge in [0.1, 0.15) is 5.75 Å². The lowest BCUT2D eigenvalue weighted by Gasteiger charge is -2.36. The quantitative estimate of drug-likeness (QED) is 0.822. The zero-order valence-corrected chi connectivity index (χ0v) is 14.9. The number of hydrogen-bond donors (Lipinski definition) is 1. The molecular formula is C16H22ClN5O3. The predicted molar refractivity (Wildman–Crippen MR) is 95.9 cm³/mol. The Labute approximate surface area is 152 Å². The number of carbonyl (C=O) groups is 1. The van der Waals surface area contributed by atoms with Crippen molar-refractivity contribution in [3.05, 3.63) is 36.2 Å². The first-order valence-electron chi connectivity index (χ1n) is 7.91. The van der Waals surface area contributed by atoms with Crippen molar-refractivity contribution in [2.75, 3.05) is 44.7 Å². The summed E-state index contributed by atoms with van der Waals surface area (Å²) in [6, 6.07) is 8.06. The summed E-state index contributed by atoms with van der Waals surface area (Å²) in [5, 5.41) is 16.3. The van der Waals surface area contributed by atoms with Crippen LogP contribution in [0.5, 0.6) is 5.75 Å². The van der Waals surface area contributed by atoms with Gasteiger partial charge in [-0.3, -0.25) is 9.58 Å². The Bertz CT molecular complexity index is 701. The lowest BCUT2D eigenvalue weighted by atomic mass is 10.2. The molecular weight excluding hydrogens is 346 g/mol. The Morgan fingerprint density at radius 2 is 1.92 bits per heavy atom. The number of piperazine rings is 1. The number of rotatable bonds is 6. The molecule has 1 aliphatic rings. The van der Waals surface area contributed by atoms with E-state index in [1.807, 2.05) is 18.2 Å². The van der Waals surface area contributed by atoms with Gasteiger partial charge in [0.2, 0.25) is 0 Å². The predicted octanol–water partition coefficient (Wildman–Crippen LogP) is 1.23. The number of ether oxygens (including phenoxy) is 1. The normalized spacial score (nSPS) is 14.8. The molecule has 25 heavy (non-hydrogen) atoms. The minimum atomic E-state index is -1.05. The lowest BCUT2D eigenvalue weighted by Crippen LogP contribution is -2.47. The topological polar surface area (TPSA) is 83.7 Å². The molecule has 2 heterocycles. The van der Waals surface area contributed by atoms with Gasteiger partial charge in [-0.15, -0.1) is 17.5 Å². The Kier molecular flexibility index (Phi) is 6.60. The number of anilines is 1. The molecule has 0 spiro atoms. The SMILES string of the molecule is COc1ccccc1N1CCN(CCn2cc(C(=O)O)nn2)CC1.Cl. The second-order valence-electron chi connectivity index (χ2n) is 5.67. The van der Waals surface area contributed by atoms with Gasteiger partial charge in [-0.1, -0.05) is 17.3 Å². The van der Waals surface area contributed by atoms with Crippen LogP contribution in [-0.2, 0) is 6.54 Å². The molecule has 1 fully saturated rings. The van der Waals surface area contributed by atoms with Crippen LogP contribution in [0.2, 0.25) is 0 Å². The number of aromatic nitrogens is 3. The zero-order valence-electron chi connectivity index (χ0n) is 14.0. The van der Waals surface area contributed by atoms with Crippen LogP contribution in [-0.4, -0.2) is 70.8 Å². The molecule has 1 aliphatic heterocycles. The summed E-state index contributed by atoms with van der Waals surface area (Å²) in [6.45, 7) is 5.20. The van der Waals surface area contributed by atoms with E-state index in [2.05, 4.69) is 26.2 Å². The highest BCUT2D eigenvalue weighted by atomic mass is 35.5. The molecule has 8 nitrogen and oxygen atoms in total. The van der Waals surface area contributed by atoms with Crippen LogP contribution in [0.1, 0.15) is 10.5 Å². The van der Waals surface area contributed by atoms with E-state index in [1.165, 1.54) is 6.20 Å². The average Bonchev–Trinajstić information content (AvgIpc) is 3.10. The van der Waals surface area contributed by atoms with Crippen LogP contribution in [0, 0.1) is 0 Å². The second kappa shape index (κ2) is 8.68. The van der Waals surface area contributed by atoms with Crippen LogP contribution < -0.4 is 9.64 Å². The summed E-state index contributed by atoms with van der Waals surface area (Å²) in [5.74, 6) is -0.151. The third-order valence-corrected chi connectivity index (χ3v) is 4.20. The fraction of sp³-hybridized carbons (Fsp3) is 0.438.